The highest BCUT2D eigenvalue weighted by Gasteiger charge is 2.57. The minimum Gasteiger partial charge on any atom is -0.310 e. The molecule has 1 heteroatoms. The summed E-state index contributed by atoms with van der Waals surface area (Å²) in [6.45, 7) is 24.3. The van der Waals surface area contributed by atoms with Crippen molar-refractivity contribution in [2.75, 3.05) is 4.90 Å². The fourth-order valence-electron chi connectivity index (χ4n) is 12.0. The molecule has 0 saturated heterocycles. The van der Waals surface area contributed by atoms with Gasteiger partial charge in [-0.1, -0.05) is 197 Å². The number of hydrogen-bond donors (Lipinski definition) is 0. The van der Waals surface area contributed by atoms with Gasteiger partial charge in [-0.15, -0.1) is 0 Å². The Morgan fingerprint density at radius 1 is 0.297 bits per heavy atom. The first-order chi connectivity index (χ1) is 30.5. The standard InChI is InChI=1S/C63H59N/c1-59(2)51-23-16-14-21-46(51)50-37-43(31-36-53(50)59)49-39-56-55(61(5,6)63(9,10)62(56,7)8)38-48(49)42-29-34-45(35-30-42)64(44-32-27-41(28-33-44)40-19-12-11-13-20-40)57-26-18-25-54-58(57)47-22-15-17-24-52(47)60(54,3)4/h11-39H,1-10H3. The predicted octanol–water partition coefficient (Wildman–Crippen LogP) is 17.4. The van der Waals surface area contributed by atoms with E-state index in [-0.39, 0.29) is 27.1 Å². The minimum atomic E-state index is -0.106. The summed E-state index contributed by atoms with van der Waals surface area (Å²) >= 11 is 0. The molecule has 3 aliphatic rings. The third-order valence-corrected chi connectivity index (χ3v) is 17.0. The van der Waals surface area contributed by atoms with E-state index in [0.29, 0.717) is 0 Å². The van der Waals surface area contributed by atoms with Gasteiger partial charge in [0.2, 0.25) is 0 Å². The molecule has 0 heterocycles. The van der Waals surface area contributed by atoms with Gasteiger partial charge in [-0.25, -0.2) is 0 Å². The molecule has 0 unspecified atom stereocenters. The van der Waals surface area contributed by atoms with E-state index in [1.165, 1.54) is 94.7 Å². The molecular weight excluding hydrogens is 771 g/mol. The van der Waals surface area contributed by atoms with Crippen LogP contribution >= 0.6 is 0 Å². The van der Waals surface area contributed by atoms with Gasteiger partial charge in [0.25, 0.3) is 0 Å². The molecular formula is C63H59N. The van der Waals surface area contributed by atoms with Crippen LogP contribution in [0.3, 0.4) is 0 Å². The maximum atomic E-state index is 2.57. The molecule has 316 valence electrons. The molecule has 0 bridgehead atoms. The van der Waals surface area contributed by atoms with Gasteiger partial charge in [-0.2, -0.15) is 0 Å². The molecule has 0 spiro atoms. The van der Waals surface area contributed by atoms with E-state index >= 15 is 0 Å². The third-order valence-electron chi connectivity index (χ3n) is 17.0. The van der Waals surface area contributed by atoms with Crippen LogP contribution in [0.2, 0.25) is 0 Å². The summed E-state index contributed by atoms with van der Waals surface area (Å²) in [4.78, 5) is 2.48. The Balaban J connectivity index is 1.09. The second-order valence-electron chi connectivity index (χ2n) is 21.4. The molecule has 0 fully saturated rings. The van der Waals surface area contributed by atoms with Gasteiger partial charge in [0.15, 0.2) is 0 Å². The summed E-state index contributed by atoms with van der Waals surface area (Å²) in [5, 5.41) is 0. The van der Waals surface area contributed by atoms with Gasteiger partial charge < -0.3 is 4.90 Å². The number of hydrogen-bond acceptors (Lipinski definition) is 1. The molecule has 3 aliphatic carbocycles. The average Bonchev–Trinajstić information content (AvgIpc) is 3.72. The van der Waals surface area contributed by atoms with Crippen LogP contribution in [0.25, 0.3) is 55.6 Å². The highest BCUT2D eigenvalue weighted by molar-refractivity contribution is 5.96. The molecule has 64 heavy (non-hydrogen) atoms. The minimum absolute atomic E-state index is 0.0199. The number of fused-ring (bicyclic) bond motifs is 7. The van der Waals surface area contributed by atoms with Crippen molar-refractivity contribution in [3.8, 4) is 55.6 Å². The van der Waals surface area contributed by atoms with Crippen molar-refractivity contribution in [3.63, 3.8) is 0 Å². The van der Waals surface area contributed by atoms with E-state index in [0.717, 1.165) is 11.4 Å². The second-order valence-corrected chi connectivity index (χ2v) is 21.4. The Labute approximate surface area is 381 Å². The van der Waals surface area contributed by atoms with Crippen molar-refractivity contribution >= 4 is 17.1 Å². The number of anilines is 3. The van der Waals surface area contributed by atoms with Crippen LogP contribution in [0.15, 0.2) is 176 Å². The van der Waals surface area contributed by atoms with Gasteiger partial charge in [-0.05, 0) is 148 Å². The summed E-state index contributed by atoms with van der Waals surface area (Å²) < 4.78 is 0. The summed E-state index contributed by atoms with van der Waals surface area (Å²) in [5.41, 5.74) is 24.6. The van der Waals surface area contributed by atoms with Crippen LogP contribution in [0.5, 0.6) is 0 Å². The van der Waals surface area contributed by atoms with E-state index in [1.807, 2.05) is 0 Å². The van der Waals surface area contributed by atoms with E-state index in [4.69, 9.17) is 0 Å². The highest BCUT2D eigenvalue weighted by Crippen LogP contribution is 2.63. The van der Waals surface area contributed by atoms with Crippen LogP contribution in [0.4, 0.5) is 17.1 Å². The smallest absolute Gasteiger partial charge is 0.0543 e. The van der Waals surface area contributed by atoms with E-state index in [9.17, 15) is 0 Å². The second kappa shape index (κ2) is 13.8. The average molecular weight is 830 g/mol. The Morgan fingerprint density at radius 2 is 0.750 bits per heavy atom. The number of nitrogens with zero attached hydrogens (tertiary/aromatic N) is 1. The largest absolute Gasteiger partial charge is 0.310 e. The molecule has 0 atom stereocenters. The van der Waals surface area contributed by atoms with Crippen molar-refractivity contribution in [2.45, 2.75) is 90.9 Å². The summed E-state index contributed by atoms with van der Waals surface area (Å²) in [6.07, 6.45) is 0. The fraction of sp³-hybridized carbons (Fsp3) is 0.238. The Morgan fingerprint density at radius 3 is 1.38 bits per heavy atom. The molecule has 0 N–H and O–H groups in total. The lowest BCUT2D eigenvalue weighted by Gasteiger charge is -2.44. The van der Waals surface area contributed by atoms with Crippen LogP contribution in [0, 0.1) is 5.41 Å². The molecule has 0 saturated carbocycles. The molecule has 11 rings (SSSR count). The molecule has 8 aromatic carbocycles. The van der Waals surface area contributed by atoms with Crippen molar-refractivity contribution in [2.24, 2.45) is 5.41 Å². The molecule has 0 aromatic heterocycles. The van der Waals surface area contributed by atoms with E-state index in [1.54, 1.807) is 0 Å². The predicted molar refractivity (Wildman–Crippen MR) is 272 cm³/mol. The summed E-state index contributed by atoms with van der Waals surface area (Å²) in [6, 6.07) is 66.5. The Hall–Kier alpha value is -6.44. The first-order valence-corrected chi connectivity index (χ1v) is 23.3. The SMILES string of the molecule is CC1(C)c2ccccc2-c2cc(-c3cc4c(cc3-c3ccc(N(c5ccc(-c6ccccc6)cc5)c5cccc6c5-c5ccccc5C6(C)C)cc3)C(C)(C)C(C)(C)C4(C)C)ccc21. The van der Waals surface area contributed by atoms with Crippen LogP contribution in [-0.4, -0.2) is 0 Å². The lowest BCUT2D eigenvalue weighted by Crippen LogP contribution is -2.42. The Kier molecular flexibility index (Phi) is 8.69. The van der Waals surface area contributed by atoms with Gasteiger partial charge in [0, 0.05) is 27.8 Å². The fourth-order valence-corrected chi connectivity index (χ4v) is 12.0. The van der Waals surface area contributed by atoms with Crippen molar-refractivity contribution in [1.29, 1.82) is 0 Å². The lowest BCUT2D eigenvalue weighted by atomic mass is 9.59. The molecule has 0 aliphatic heterocycles. The normalized spacial score (nSPS) is 17.2. The third kappa shape index (κ3) is 5.55. The van der Waals surface area contributed by atoms with Gasteiger partial charge in [0.05, 0.1) is 5.69 Å². The molecule has 0 amide bonds. The number of benzene rings is 8. The molecule has 8 aromatic rings. The first-order valence-electron chi connectivity index (χ1n) is 23.3. The van der Waals surface area contributed by atoms with Crippen LogP contribution < -0.4 is 4.90 Å². The van der Waals surface area contributed by atoms with Gasteiger partial charge >= 0.3 is 0 Å². The maximum absolute atomic E-state index is 2.57. The lowest BCUT2D eigenvalue weighted by molar-refractivity contribution is 0.125. The van der Waals surface area contributed by atoms with E-state index < -0.39 is 0 Å². The maximum Gasteiger partial charge on any atom is 0.0543 e. The zero-order chi connectivity index (χ0) is 44.6. The van der Waals surface area contributed by atoms with E-state index in [2.05, 4.69) is 250 Å². The van der Waals surface area contributed by atoms with Gasteiger partial charge in [0.1, 0.15) is 0 Å². The highest BCUT2D eigenvalue weighted by atomic mass is 15.1. The number of rotatable bonds is 6. The summed E-state index contributed by atoms with van der Waals surface area (Å²) in [7, 11) is 0. The topological polar surface area (TPSA) is 3.24 Å². The summed E-state index contributed by atoms with van der Waals surface area (Å²) in [5.74, 6) is 0. The van der Waals surface area contributed by atoms with Gasteiger partial charge in [-0.3, -0.25) is 0 Å². The molecule has 0 radical (unpaired) electrons. The first kappa shape index (κ1) is 40.3. The van der Waals surface area contributed by atoms with Crippen molar-refractivity contribution in [1.82, 2.24) is 0 Å². The zero-order valence-corrected chi connectivity index (χ0v) is 39.2. The zero-order valence-electron chi connectivity index (χ0n) is 39.2. The Bertz CT molecular complexity index is 3150. The molecule has 1 nitrogen and oxygen atoms in total. The monoisotopic (exact) mass is 829 g/mol. The quantitative estimate of drug-likeness (QED) is 0.161. The van der Waals surface area contributed by atoms with Crippen LogP contribution in [-0.2, 0) is 21.7 Å². The van der Waals surface area contributed by atoms with Crippen LogP contribution in [0.1, 0.15) is 103 Å². The van der Waals surface area contributed by atoms with Crippen molar-refractivity contribution < 1.29 is 0 Å². The van der Waals surface area contributed by atoms with Crippen molar-refractivity contribution in [3.05, 3.63) is 209 Å².